The summed E-state index contributed by atoms with van der Waals surface area (Å²) < 4.78 is 13.6. The second-order valence-electron chi connectivity index (χ2n) is 5.90. The molecule has 1 aromatic heterocycles. The molecule has 0 amide bonds. The van der Waals surface area contributed by atoms with Crippen LogP contribution < -0.4 is 0 Å². The zero-order chi connectivity index (χ0) is 16.2. The molecule has 0 atom stereocenters. The van der Waals surface area contributed by atoms with Crippen LogP contribution in [0.1, 0.15) is 16.7 Å². The van der Waals surface area contributed by atoms with Crippen LogP contribution in [0.3, 0.4) is 0 Å². The molecule has 0 aliphatic carbocycles. The van der Waals surface area contributed by atoms with Gasteiger partial charge in [-0.3, -0.25) is 0 Å². The molecule has 0 bridgehead atoms. The third-order valence-corrected chi connectivity index (χ3v) is 4.24. The first-order valence-electron chi connectivity index (χ1n) is 8.08. The van der Waals surface area contributed by atoms with Gasteiger partial charge in [0.05, 0.1) is 13.2 Å². The van der Waals surface area contributed by atoms with E-state index in [4.69, 9.17) is 9.47 Å². The zero-order valence-electron chi connectivity index (χ0n) is 13.7. The largest absolute Gasteiger partial charge is 0.342 e. The highest BCUT2D eigenvalue weighted by atomic mass is 35.5. The van der Waals surface area contributed by atoms with Crippen molar-refractivity contribution in [1.82, 2.24) is 14.8 Å². The normalized spacial score (nSPS) is 15.7. The van der Waals surface area contributed by atoms with Crippen molar-refractivity contribution in [3.8, 4) is 0 Å². The lowest BCUT2D eigenvalue weighted by Gasteiger charge is -2.27. The minimum Gasteiger partial charge on any atom is -0.342 e. The summed E-state index contributed by atoms with van der Waals surface area (Å²) >= 11 is 0. The Morgan fingerprint density at radius 3 is 2.24 bits per heavy atom. The molecule has 4 rings (SSSR count). The van der Waals surface area contributed by atoms with E-state index in [1.807, 2.05) is 6.07 Å². The maximum Gasteiger partial charge on any atom is 0.215 e. The summed E-state index contributed by atoms with van der Waals surface area (Å²) in [5, 5.41) is 4.17. The molecule has 5 nitrogen and oxygen atoms in total. The summed E-state index contributed by atoms with van der Waals surface area (Å²) in [6.45, 7) is 1.66. The first kappa shape index (κ1) is 17.6. The lowest BCUT2D eigenvalue weighted by molar-refractivity contribution is -0.177. The molecule has 6 heteroatoms. The Bertz CT molecular complexity index is 770. The van der Waals surface area contributed by atoms with E-state index in [-0.39, 0.29) is 12.4 Å². The Balaban J connectivity index is 0.00000182. The molecule has 0 unspecified atom stereocenters. The Morgan fingerprint density at radius 2 is 1.60 bits per heavy atom. The Kier molecular flexibility index (Phi) is 5.48. The van der Waals surface area contributed by atoms with Gasteiger partial charge in [-0.05, 0) is 17.5 Å². The Hall–Kier alpha value is -2.21. The van der Waals surface area contributed by atoms with Crippen LogP contribution in [-0.4, -0.2) is 28.0 Å². The highest BCUT2D eigenvalue weighted by Crippen LogP contribution is 2.33. The smallest absolute Gasteiger partial charge is 0.215 e. The van der Waals surface area contributed by atoms with Gasteiger partial charge in [0.1, 0.15) is 19.2 Å². The minimum atomic E-state index is -0.779. The number of nitrogens with zero attached hydrogens (tertiary/aromatic N) is 3. The van der Waals surface area contributed by atoms with Crippen LogP contribution in [0.4, 0.5) is 0 Å². The molecule has 0 saturated carbocycles. The van der Waals surface area contributed by atoms with E-state index >= 15 is 0 Å². The van der Waals surface area contributed by atoms with Crippen molar-refractivity contribution in [2.75, 3.05) is 13.2 Å². The molecule has 25 heavy (non-hydrogen) atoms. The van der Waals surface area contributed by atoms with E-state index in [9.17, 15) is 0 Å². The predicted molar refractivity (Wildman–Crippen MR) is 96.5 cm³/mol. The molecule has 0 spiro atoms. The van der Waals surface area contributed by atoms with Gasteiger partial charge in [-0.1, -0.05) is 54.6 Å². The Labute approximate surface area is 153 Å². The number of hydrogen-bond acceptors (Lipinski definition) is 4. The number of rotatable bonds is 5. The van der Waals surface area contributed by atoms with Crippen molar-refractivity contribution in [2.45, 2.75) is 18.8 Å². The summed E-state index contributed by atoms with van der Waals surface area (Å²) in [5.74, 6) is -0.779. The van der Waals surface area contributed by atoms with Crippen LogP contribution in [0.15, 0.2) is 67.3 Å². The molecule has 2 aromatic carbocycles. The monoisotopic (exact) mass is 357 g/mol. The average molecular weight is 358 g/mol. The molecule has 0 radical (unpaired) electrons. The summed E-state index contributed by atoms with van der Waals surface area (Å²) in [7, 11) is 0. The van der Waals surface area contributed by atoms with Crippen molar-refractivity contribution in [1.29, 1.82) is 0 Å². The maximum absolute atomic E-state index is 5.95. The highest BCUT2D eigenvalue weighted by Gasteiger charge is 2.39. The van der Waals surface area contributed by atoms with Crippen LogP contribution in [0.2, 0.25) is 0 Å². The van der Waals surface area contributed by atoms with Crippen LogP contribution in [0, 0.1) is 0 Å². The minimum absolute atomic E-state index is 0. The first-order valence-corrected chi connectivity index (χ1v) is 8.08. The molecule has 1 fully saturated rings. The van der Waals surface area contributed by atoms with Gasteiger partial charge in [-0.2, -0.15) is 5.10 Å². The van der Waals surface area contributed by atoms with Gasteiger partial charge < -0.3 is 9.47 Å². The van der Waals surface area contributed by atoms with Crippen molar-refractivity contribution < 1.29 is 9.47 Å². The molecule has 2 heterocycles. The summed E-state index contributed by atoms with van der Waals surface area (Å²) in [4.78, 5) is 3.99. The van der Waals surface area contributed by atoms with E-state index in [1.54, 1.807) is 11.0 Å². The van der Waals surface area contributed by atoms with Gasteiger partial charge in [0.2, 0.25) is 5.79 Å². The second-order valence-corrected chi connectivity index (χ2v) is 5.90. The van der Waals surface area contributed by atoms with Crippen molar-refractivity contribution in [3.63, 3.8) is 0 Å². The average Bonchev–Trinajstić information content (AvgIpc) is 3.30. The van der Waals surface area contributed by atoms with Gasteiger partial charge in [-0.25, -0.2) is 9.67 Å². The molecule has 1 aliphatic rings. The fourth-order valence-electron chi connectivity index (χ4n) is 3.04. The zero-order valence-corrected chi connectivity index (χ0v) is 14.6. The first-order chi connectivity index (χ1) is 11.8. The summed E-state index contributed by atoms with van der Waals surface area (Å²) in [6.07, 6.45) is 4.11. The number of halogens is 1. The fraction of sp³-hybridized carbons (Fsp3) is 0.263. The van der Waals surface area contributed by atoms with Crippen molar-refractivity contribution in [3.05, 3.63) is 83.9 Å². The lowest BCUT2D eigenvalue weighted by atomic mass is 10.00. The number of aromatic nitrogens is 3. The number of hydrogen-bond donors (Lipinski definition) is 0. The molecular formula is C19H20ClN3O2. The summed E-state index contributed by atoms with van der Waals surface area (Å²) in [5.41, 5.74) is 3.57. The third kappa shape index (κ3) is 3.90. The quantitative estimate of drug-likeness (QED) is 0.703. The van der Waals surface area contributed by atoms with E-state index in [0.29, 0.717) is 19.8 Å². The van der Waals surface area contributed by atoms with E-state index < -0.39 is 5.79 Å². The van der Waals surface area contributed by atoms with E-state index in [1.165, 1.54) is 17.5 Å². The van der Waals surface area contributed by atoms with Gasteiger partial charge in [0.15, 0.2) is 0 Å². The molecular weight excluding hydrogens is 338 g/mol. The van der Waals surface area contributed by atoms with E-state index in [2.05, 4.69) is 58.6 Å². The van der Waals surface area contributed by atoms with Gasteiger partial charge in [0.25, 0.3) is 0 Å². The topological polar surface area (TPSA) is 49.2 Å². The van der Waals surface area contributed by atoms with Crippen LogP contribution in [-0.2, 0) is 28.2 Å². The SMILES string of the molecule is Cl.c1ccc(Cc2ccc(C3(Cn4cncn4)OCCO3)cc2)cc1. The molecule has 130 valence electrons. The Morgan fingerprint density at radius 1 is 0.920 bits per heavy atom. The van der Waals surface area contributed by atoms with Crippen LogP contribution >= 0.6 is 12.4 Å². The van der Waals surface area contributed by atoms with Crippen LogP contribution in [0.25, 0.3) is 0 Å². The molecule has 1 aliphatic heterocycles. The van der Waals surface area contributed by atoms with Gasteiger partial charge >= 0.3 is 0 Å². The third-order valence-electron chi connectivity index (χ3n) is 4.24. The fourth-order valence-corrected chi connectivity index (χ4v) is 3.04. The van der Waals surface area contributed by atoms with Gasteiger partial charge in [0, 0.05) is 5.56 Å². The van der Waals surface area contributed by atoms with E-state index in [0.717, 1.165) is 12.0 Å². The predicted octanol–water partition coefficient (Wildman–Crippen LogP) is 3.19. The summed E-state index contributed by atoms with van der Waals surface area (Å²) in [6, 6.07) is 18.9. The molecule has 3 aromatic rings. The maximum atomic E-state index is 5.95. The van der Waals surface area contributed by atoms with Gasteiger partial charge in [-0.15, -0.1) is 12.4 Å². The lowest BCUT2D eigenvalue weighted by Crippen LogP contribution is -2.33. The molecule has 0 N–H and O–H groups in total. The second kappa shape index (κ2) is 7.78. The standard InChI is InChI=1S/C19H19N3O2.ClH/c1-2-4-16(5-3-1)12-17-6-8-18(9-7-17)19(23-10-11-24-19)13-22-15-20-14-21-22;/h1-9,14-15H,10-13H2;1H. The van der Waals surface area contributed by atoms with Crippen LogP contribution in [0.5, 0.6) is 0 Å². The van der Waals surface area contributed by atoms with Crippen molar-refractivity contribution in [2.24, 2.45) is 0 Å². The highest BCUT2D eigenvalue weighted by molar-refractivity contribution is 5.85. The number of ether oxygens (including phenoxy) is 2. The number of benzene rings is 2. The molecule has 1 saturated heterocycles. The van der Waals surface area contributed by atoms with Crippen molar-refractivity contribution >= 4 is 12.4 Å².